The van der Waals surface area contributed by atoms with Gasteiger partial charge in [-0.05, 0) is 42.0 Å². The van der Waals surface area contributed by atoms with Crippen LogP contribution in [0.4, 0.5) is 13.2 Å². The number of aromatic nitrogens is 3. The number of hydrogen-bond acceptors (Lipinski definition) is 4. The van der Waals surface area contributed by atoms with E-state index in [1.807, 2.05) is 18.2 Å². The number of aliphatic hydroxyl groups is 2. The average Bonchev–Trinajstić information content (AvgIpc) is 3.15. The average molecular weight is 413 g/mol. The van der Waals surface area contributed by atoms with Crippen molar-refractivity contribution >= 4 is 10.9 Å². The molecular weight excluding hydrogens is 395 g/mol. The van der Waals surface area contributed by atoms with Crippen LogP contribution in [-0.4, -0.2) is 31.6 Å². The summed E-state index contributed by atoms with van der Waals surface area (Å²) in [4.78, 5) is 4.39. The molecule has 2 N–H and O–H groups in total. The molecule has 4 rings (SSSR count). The lowest BCUT2D eigenvalue weighted by molar-refractivity contribution is -0.137. The van der Waals surface area contributed by atoms with Crippen LogP contribution < -0.4 is 0 Å². The first-order valence-corrected chi connectivity index (χ1v) is 9.23. The molecule has 0 saturated carbocycles. The van der Waals surface area contributed by atoms with Crippen molar-refractivity contribution in [3.63, 3.8) is 0 Å². The Morgan fingerprint density at radius 3 is 2.47 bits per heavy atom. The number of fused-ring (bicyclic) bond motifs is 1. The van der Waals surface area contributed by atoms with E-state index < -0.39 is 24.5 Å². The molecule has 0 bridgehead atoms. The smallest absolute Gasteiger partial charge is 0.393 e. The summed E-state index contributed by atoms with van der Waals surface area (Å²) >= 11 is 0. The van der Waals surface area contributed by atoms with Crippen LogP contribution in [0.5, 0.6) is 0 Å². The van der Waals surface area contributed by atoms with Gasteiger partial charge in [0.25, 0.3) is 0 Å². The fourth-order valence-electron chi connectivity index (χ4n) is 3.24. The van der Waals surface area contributed by atoms with E-state index in [1.54, 1.807) is 29.1 Å². The topological polar surface area (TPSA) is 71.2 Å². The first-order valence-electron chi connectivity index (χ1n) is 9.23. The van der Waals surface area contributed by atoms with Crippen LogP contribution in [0.15, 0.2) is 66.9 Å². The van der Waals surface area contributed by atoms with Crippen LogP contribution in [0.2, 0.25) is 0 Å². The lowest BCUT2D eigenvalue weighted by Gasteiger charge is -2.09. The summed E-state index contributed by atoms with van der Waals surface area (Å²) in [7, 11) is 0. The monoisotopic (exact) mass is 413 g/mol. The van der Waals surface area contributed by atoms with Crippen molar-refractivity contribution in [3.8, 4) is 11.3 Å². The highest BCUT2D eigenvalue weighted by atomic mass is 19.4. The molecule has 0 unspecified atom stereocenters. The van der Waals surface area contributed by atoms with Gasteiger partial charge in [-0.15, -0.1) is 0 Å². The van der Waals surface area contributed by atoms with Gasteiger partial charge < -0.3 is 10.2 Å². The fraction of sp³-hybridized carbons (Fsp3) is 0.182. The molecule has 4 aromatic rings. The summed E-state index contributed by atoms with van der Waals surface area (Å²) in [5.41, 5.74) is 2.73. The van der Waals surface area contributed by atoms with E-state index in [-0.39, 0.29) is 0 Å². The number of aliphatic hydroxyl groups excluding tert-OH is 2. The highest BCUT2D eigenvalue weighted by molar-refractivity contribution is 5.84. The highest BCUT2D eigenvalue weighted by Crippen LogP contribution is 2.29. The number of alkyl halides is 3. The minimum absolute atomic E-state index is 0.345. The molecule has 1 atom stereocenters. The Morgan fingerprint density at radius 2 is 1.77 bits per heavy atom. The molecule has 5 nitrogen and oxygen atoms in total. The molecule has 154 valence electrons. The number of benzene rings is 2. The van der Waals surface area contributed by atoms with Gasteiger partial charge >= 0.3 is 6.18 Å². The van der Waals surface area contributed by atoms with E-state index in [0.717, 1.165) is 28.6 Å². The van der Waals surface area contributed by atoms with Crippen molar-refractivity contribution in [1.82, 2.24) is 14.8 Å². The first kappa shape index (κ1) is 20.1. The number of rotatable bonds is 5. The van der Waals surface area contributed by atoms with Crippen LogP contribution in [0.1, 0.15) is 22.9 Å². The molecule has 0 aliphatic rings. The maximum Gasteiger partial charge on any atom is 0.416 e. The van der Waals surface area contributed by atoms with Gasteiger partial charge in [0, 0.05) is 10.9 Å². The van der Waals surface area contributed by atoms with E-state index in [0.29, 0.717) is 23.5 Å². The molecule has 0 aliphatic carbocycles. The van der Waals surface area contributed by atoms with Crippen molar-refractivity contribution in [2.24, 2.45) is 0 Å². The van der Waals surface area contributed by atoms with Gasteiger partial charge in [0.05, 0.1) is 41.8 Å². The summed E-state index contributed by atoms with van der Waals surface area (Å²) in [5, 5.41) is 24.1. The van der Waals surface area contributed by atoms with Crippen LogP contribution in [0.25, 0.3) is 22.2 Å². The maximum absolute atomic E-state index is 12.7. The van der Waals surface area contributed by atoms with Gasteiger partial charge in [0.2, 0.25) is 0 Å². The summed E-state index contributed by atoms with van der Waals surface area (Å²) in [6.45, 7) is -0.0659. The lowest BCUT2D eigenvalue weighted by atomic mass is 10.1. The van der Waals surface area contributed by atoms with E-state index >= 15 is 0 Å². The Kier molecular flexibility index (Phi) is 5.27. The molecule has 0 fully saturated rings. The fourth-order valence-corrected chi connectivity index (χ4v) is 3.24. The van der Waals surface area contributed by atoms with Crippen molar-refractivity contribution in [2.75, 3.05) is 6.61 Å². The first-order chi connectivity index (χ1) is 14.3. The van der Waals surface area contributed by atoms with Gasteiger partial charge in [0.15, 0.2) is 0 Å². The zero-order chi connectivity index (χ0) is 21.3. The zero-order valence-electron chi connectivity index (χ0n) is 15.7. The largest absolute Gasteiger partial charge is 0.416 e. The summed E-state index contributed by atoms with van der Waals surface area (Å²) in [5.74, 6) is 0. The molecule has 0 aliphatic heterocycles. The summed E-state index contributed by atoms with van der Waals surface area (Å²) in [6, 6.07) is 15.9. The van der Waals surface area contributed by atoms with Gasteiger partial charge in [0.1, 0.15) is 6.10 Å². The predicted octanol–water partition coefficient (Wildman–Crippen LogP) is 4.19. The molecule has 2 heterocycles. The molecule has 2 aromatic heterocycles. The lowest BCUT2D eigenvalue weighted by Crippen LogP contribution is -2.06. The van der Waals surface area contributed by atoms with E-state index in [2.05, 4.69) is 10.1 Å². The Morgan fingerprint density at radius 1 is 1.00 bits per heavy atom. The molecular formula is C22H18F3N3O2. The number of halogens is 3. The molecule has 0 radical (unpaired) electrons. The molecule has 2 aromatic carbocycles. The van der Waals surface area contributed by atoms with Gasteiger partial charge in [-0.2, -0.15) is 18.3 Å². The van der Waals surface area contributed by atoms with Crippen LogP contribution in [0, 0.1) is 0 Å². The van der Waals surface area contributed by atoms with E-state index in [4.69, 9.17) is 5.11 Å². The predicted molar refractivity (Wildman–Crippen MR) is 106 cm³/mol. The molecule has 0 amide bonds. The van der Waals surface area contributed by atoms with Gasteiger partial charge in [-0.3, -0.25) is 4.68 Å². The van der Waals surface area contributed by atoms with Crippen molar-refractivity contribution in [2.45, 2.75) is 18.8 Å². The molecule has 0 spiro atoms. The van der Waals surface area contributed by atoms with Gasteiger partial charge in [-0.25, -0.2) is 4.98 Å². The second kappa shape index (κ2) is 7.89. The highest BCUT2D eigenvalue weighted by Gasteiger charge is 2.29. The maximum atomic E-state index is 12.7. The third-order valence-electron chi connectivity index (χ3n) is 4.84. The third-order valence-corrected chi connectivity index (χ3v) is 4.84. The van der Waals surface area contributed by atoms with Crippen LogP contribution >= 0.6 is 0 Å². The third kappa shape index (κ3) is 4.05. The number of pyridine rings is 1. The molecule has 30 heavy (non-hydrogen) atoms. The van der Waals surface area contributed by atoms with E-state index in [9.17, 15) is 18.3 Å². The Labute approximate surface area is 170 Å². The standard InChI is InChI=1S/C22H18F3N3O2/c23-22(24,25)17-7-4-14(5-8-17)12-28-20-9-6-15(10-16(20)11-26-28)18-2-1-3-19(27-18)21(30)13-29/h1-11,21,29-30H,12-13H2/t21-/m1/s1. The zero-order valence-corrected chi connectivity index (χ0v) is 15.7. The van der Waals surface area contributed by atoms with Crippen LogP contribution in [-0.2, 0) is 12.7 Å². The normalized spacial score (nSPS) is 13.0. The van der Waals surface area contributed by atoms with Crippen LogP contribution in [0.3, 0.4) is 0 Å². The quantitative estimate of drug-likeness (QED) is 0.515. The minimum atomic E-state index is -4.36. The number of hydrogen-bond donors (Lipinski definition) is 2. The molecule has 0 saturated heterocycles. The summed E-state index contributed by atoms with van der Waals surface area (Å²) in [6.07, 6.45) is -3.71. The Bertz CT molecular complexity index is 1170. The van der Waals surface area contributed by atoms with Gasteiger partial charge in [-0.1, -0.05) is 24.3 Å². The summed E-state index contributed by atoms with van der Waals surface area (Å²) < 4.78 is 39.9. The second-order valence-electron chi connectivity index (χ2n) is 6.92. The SMILES string of the molecule is OC[C@@H](O)c1cccc(-c2ccc3c(cnn3Cc3ccc(C(F)(F)F)cc3)c2)n1. The van der Waals surface area contributed by atoms with Crippen molar-refractivity contribution in [3.05, 3.63) is 83.7 Å². The second-order valence-corrected chi connectivity index (χ2v) is 6.92. The minimum Gasteiger partial charge on any atom is -0.393 e. The van der Waals surface area contributed by atoms with Crippen molar-refractivity contribution < 1.29 is 23.4 Å². The van der Waals surface area contributed by atoms with E-state index in [1.165, 1.54) is 12.1 Å². The Hall–Kier alpha value is -3.23. The Balaban J connectivity index is 1.60. The van der Waals surface area contributed by atoms with Crippen molar-refractivity contribution in [1.29, 1.82) is 0 Å². The number of nitrogens with zero attached hydrogens (tertiary/aromatic N) is 3. The molecule has 8 heteroatoms.